The minimum absolute atomic E-state index is 0.649. The van der Waals surface area contributed by atoms with E-state index in [-0.39, 0.29) is 0 Å². The third-order valence-electron chi connectivity index (χ3n) is 4.04. The van der Waals surface area contributed by atoms with E-state index in [1.807, 2.05) is 0 Å². The molecular weight excluding hydrogens is 324 g/mol. The molecule has 0 bridgehead atoms. The van der Waals surface area contributed by atoms with Crippen molar-refractivity contribution in [1.29, 1.82) is 0 Å². The van der Waals surface area contributed by atoms with Gasteiger partial charge in [-0.25, -0.2) is 0 Å². The molecule has 2 aliphatic rings. The van der Waals surface area contributed by atoms with Gasteiger partial charge in [0.05, 0.1) is 30.7 Å². The van der Waals surface area contributed by atoms with Gasteiger partial charge in [-0.1, -0.05) is 0 Å². The first-order valence-corrected chi connectivity index (χ1v) is 11.3. The summed E-state index contributed by atoms with van der Waals surface area (Å²) < 4.78 is 1.46. The lowest BCUT2D eigenvalue weighted by Crippen LogP contribution is -2.49. The molecule has 0 N–H and O–H groups in total. The van der Waals surface area contributed by atoms with Crippen molar-refractivity contribution in [2.24, 2.45) is 0 Å². The van der Waals surface area contributed by atoms with E-state index in [1.54, 1.807) is 0 Å². The molecule has 2 heterocycles. The van der Waals surface area contributed by atoms with Crippen molar-refractivity contribution in [3.63, 3.8) is 0 Å². The average molecular weight is 353 g/mol. The summed E-state index contributed by atoms with van der Waals surface area (Å²) in [7, 11) is 0. The Kier molecular flexibility index (Phi) is 6.83. The normalized spacial score (nSPS) is 44.7. The van der Waals surface area contributed by atoms with Crippen LogP contribution in [0.3, 0.4) is 0 Å². The molecule has 118 valence electrons. The van der Waals surface area contributed by atoms with Gasteiger partial charge in [-0.05, 0) is 41.5 Å². The van der Waals surface area contributed by atoms with Crippen LogP contribution in [0.2, 0.25) is 0 Å². The first-order chi connectivity index (χ1) is 9.38. The minimum Gasteiger partial charge on any atom is -0.279 e. The van der Waals surface area contributed by atoms with Gasteiger partial charge in [-0.2, -0.15) is 0 Å². The Morgan fingerprint density at radius 3 is 1.05 bits per heavy atom. The second kappa shape index (κ2) is 7.73. The monoisotopic (exact) mass is 352 g/mol. The van der Waals surface area contributed by atoms with Crippen molar-refractivity contribution < 1.29 is 0 Å². The molecule has 2 rings (SSSR count). The van der Waals surface area contributed by atoms with E-state index in [0.29, 0.717) is 21.5 Å². The molecule has 0 aromatic rings. The van der Waals surface area contributed by atoms with Crippen molar-refractivity contribution in [1.82, 2.24) is 9.80 Å². The molecule has 0 radical (unpaired) electrons. The zero-order chi connectivity index (χ0) is 14.9. The van der Waals surface area contributed by atoms with E-state index in [1.165, 1.54) is 13.1 Å². The number of rotatable bonds is 3. The molecule has 0 amide bonds. The number of nitrogens with zero attached hydrogens (tertiary/aromatic N) is 2. The number of hydrogen-bond acceptors (Lipinski definition) is 6. The molecule has 0 aromatic carbocycles. The molecular formula is C14H28N2S4. The summed E-state index contributed by atoms with van der Waals surface area (Å²) in [6.07, 6.45) is 0. The first kappa shape index (κ1) is 17.7. The van der Waals surface area contributed by atoms with Crippen LogP contribution in [0.1, 0.15) is 41.5 Å². The van der Waals surface area contributed by atoms with Crippen LogP contribution in [0.25, 0.3) is 0 Å². The Morgan fingerprint density at radius 1 is 0.550 bits per heavy atom. The lowest BCUT2D eigenvalue weighted by molar-refractivity contribution is 0.184. The summed E-state index contributed by atoms with van der Waals surface area (Å²) in [6.45, 7) is 16.5. The second-order valence-electron chi connectivity index (χ2n) is 5.55. The van der Waals surface area contributed by atoms with Crippen LogP contribution in [0.5, 0.6) is 0 Å². The molecule has 20 heavy (non-hydrogen) atoms. The Labute approximate surface area is 141 Å². The van der Waals surface area contributed by atoms with E-state index in [9.17, 15) is 0 Å². The molecule has 0 spiro atoms. The topological polar surface area (TPSA) is 6.48 Å². The molecule has 2 aliphatic heterocycles. The van der Waals surface area contributed by atoms with Crippen molar-refractivity contribution in [2.45, 2.75) is 72.2 Å². The fraction of sp³-hybridized carbons (Fsp3) is 1.00. The van der Waals surface area contributed by atoms with E-state index in [0.717, 1.165) is 9.16 Å². The van der Waals surface area contributed by atoms with Gasteiger partial charge in [0.25, 0.3) is 0 Å². The van der Waals surface area contributed by atoms with E-state index in [4.69, 9.17) is 0 Å². The smallest absolute Gasteiger partial charge is 0.0550 e. The molecule has 0 saturated carbocycles. The Hall–Kier alpha value is 1.32. The highest BCUT2D eigenvalue weighted by molar-refractivity contribution is 8.18. The molecule has 0 aliphatic carbocycles. The van der Waals surface area contributed by atoms with Crippen LogP contribution in [0.15, 0.2) is 0 Å². The van der Waals surface area contributed by atoms with E-state index < -0.39 is 0 Å². The molecule has 6 heteroatoms. The zero-order valence-electron chi connectivity index (χ0n) is 13.4. The van der Waals surface area contributed by atoms with Crippen molar-refractivity contribution in [3.8, 4) is 0 Å². The zero-order valence-corrected chi connectivity index (χ0v) is 16.7. The molecule has 2 saturated heterocycles. The maximum Gasteiger partial charge on any atom is 0.0550 e. The van der Waals surface area contributed by atoms with Gasteiger partial charge >= 0.3 is 0 Å². The average Bonchev–Trinajstić information content (AvgIpc) is 2.30. The van der Waals surface area contributed by atoms with Gasteiger partial charge in [0.1, 0.15) is 0 Å². The summed E-state index contributed by atoms with van der Waals surface area (Å²) in [5, 5.41) is 2.60. The maximum absolute atomic E-state index is 2.67. The highest BCUT2D eigenvalue weighted by Gasteiger charge is 2.33. The molecule has 4 atom stereocenters. The van der Waals surface area contributed by atoms with E-state index in [2.05, 4.69) is 98.4 Å². The second-order valence-corrected chi connectivity index (χ2v) is 12.8. The maximum atomic E-state index is 2.67. The standard InChI is InChI=1S/C14H28N2S4/c1-9-15(10(2)18-13(5)17-9)7-8-16-11(3)19-14(6)20-12(16)4/h9-14H,7-8H2,1-6H3. The highest BCUT2D eigenvalue weighted by atomic mass is 32.2. The van der Waals surface area contributed by atoms with E-state index >= 15 is 0 Å². The van der Waals surface area contributed by atoms with Crippen LogP contribution in [-0.2, 0) is 0 Å². The Balaban J connectivity index is 1.87. The lowest BCUT2D eigenvalue weighted by Gasteiger charge is -2.45. The van der Waals surface area contributed by atoms with Crippen molar-refractivity contribution >= 4 is 47.0 Å². The minimum atomic E-state index is 0.649. The number of thioether (sulfide) groups is 4. The molecule has 2 fully saturated rings. The lowest BCUT2D eigenvalue weighted by atomic mass is 10.4. The molecule has 0 aromatic heterocycles. The van der Waals surface area contributed by atoms with Crippen LogP contribution in [0, 0.1) is 0 Å². The predicted molar refractivity (Wildman–Crippen MR) is 101 cm³/mol. The third-order valence-corrected chi connectivity index (χ3v) is 9.56. The van der Waals surface area contributed by atoms with Crippen molar-refractivity contribution in [3.05, 3.63) is 0 Å². The van der Waals surface area contributed by atoms with Crippen molar-refractivity contribution in [2.75, 3.05) is 13.1 Å². The fourth-order valence-corrected chi connectivity index (χ4v) is 9.63. The molecule has 2 nitrogen and oxygen atoms in total. The van der Waals surface area contributed by atoms with Gasteiger partial charge in [0.2, 0.25) is 0 Å². The Morgan fingerprint density at radius 2 is 0.800 bits per heavy atom. The van der Waals surface area contributed by atoms with Gasteiger partial charge in [-0.15, -0.1) is 47.0 Å². The number of hydrogen-bond donors (Lipinski definition) is 0. The van der Waals surface area contributed by atoms with Gasteiger partial charge in [0, 0.05) is 13.1 Å². The van der Waals surface area contributed by atoms with Gasteiger partial charge in [0.15, 0.2) is 0 Å². The van der Waals surface area contributed by atoms with Crippen LogP contribution < -0.4 is 0 Å². The highest BCUT2D eigenvalue weighted by Crippen LogP contribution is 2.42. The van der Waals surface area contributed by atoms with Crippen LogP contribution in [0.4, 0.5) is 0 Å². The summed E-state index contributed by atoms with van der Waals surface area (Å²) in [5.74, 6) is 0. The molecule has 4 unspecified atom stereocenters. The van der Waals surface area contributed by atoms with Gasteiger partial charge < -0.3 is 0 Å². The fourth-order valence-electron chi connectivity index (χ4n) is 3.04. The summed E-state index contributed by atoms with van der Waals surface area (Å²) >= 11 is 8.41. The predicted octanol–water partition coefficient (Wildman–Crippen LogP) is 4.63. The largest absolute Gasteiger partial charge is 0.279 e. The first-order valence-electron chi connectivity index (χ1n) is 7.51. The summed E-state index contributed by atoms with van der Waals surface area (Å²) in [6, 6.07) is 0. The van der Waals surface area contributed by atoms with Gasteiger partial charge in [-0.3, -0.25) is 9.80 Å². The summed E-state index contributed by atoms with van der Waals surface area (Å²) in [4.78, 5) is 5.34. The SMILES string of the molecule is CC1SC(C)N(CCN2C(C)SC(C)SC2C)C(C)S1. The third kappa shape index (κ3) is 4.42. The van der Waals surface area contributed by atoms with Crippen LogP contribution >= 0.6 is 47.0 Å². The Bertz CT molecular complexity index is 264. The quantitative estimate of drug-likeness (QED) is 0.725. The summed E-state index contributed by atoms with van der Waals surface area (Å²) in [5.41, 5.74) is 0. The van der Waals surface area contributed by atoms with Crippen LogP contribution in [-0.4, -0.2) is 53.5 Å².